The van der Waals surface area contributed by atoms with Crippen LogP contribution in [-0.2, 0) is 5.54 Å². The van der Waals surface area contributed by atoms with Gasteiger partial charge in [0.05, 0.1) is 17.2 Å². The number of halogens is 1. The molecule has 0 amide bonds. The lowest BCUT2D eigenvalue weighted by Gasteiger charge is -2.32. The van der Waals surface area contributed by atoms with Crippen LogP contribution in [0.4, 0.5) is 0 Å². The van der Waals surface area contributed by atoms with E-state index in [1.54, 1.807) is 11.8 Å². The van der Waals surface area contributed by atoms with Crippen molar-refractivity contribution in [3.05, 3.63) is 65.2 Å². The van der Waals surface area contributed by atoms with E-state index in [0.717, 1.165) is 27.7 Å². The molecule has 0 bridgehead atoms. The van der Waals surface area contributed by atoms with E-state index in [1.165, 1.54) is 0 Å². The molecule has 0 saturated heterocycles. The van der Waals surface area contributed by atoms with Crippen LogP contribution < -0.4 is 5.32 Å². The molecule has 0 radical (unpaired) electrons. The Morgan fingerprint density at radius 3 is 2.38 bits per heavy atom. The zero-order valence-corrected chi connectivity index (χ0v) is 13.6. The zero-order chi connectivity index (χ0) is 15.1. The van der Waals surface area contributed by atoms with E-state index in [4.69, 9.17) is 11.6 Å². The number of aliphatic hydroxyl groups is 1. The van der Waals surface area contributed by atoms with Gasteiger partial charge in [0.25, 0.3) is 0 Å². The summed E-state index contributed by atoms with van der Waals surface area (Å²) in [6, 6.07) is 17.9. The van der Waals surface area contributed by atoms with Crippen LogP contribution in [0, 0.1) is 0 Å². The number of nitrogens with one attached hydrogen (secondary N) is 1. The highest BCUT2D eigenvalue weighted by molar-refractivity contribution is 7.99. The van der Waals surface area contributed by atoms with E-state index in [-0.39, 0.29) is 6.61 Å². The van der Waals surface area contributed by atoms with E-state index in [2.05, 4.69) is 5.32 Å². The molecule has 4 heteroatoms. The van der Waals surface area contributed by atoms with E-state index >= 15 is 0 Å². The average Bonchev–Trinajstić information content (AvgIpc) is 2.54. The zero-order valence-electron chi connectivity index (χ0n) is 12.1. The Hall–Kier alpha value is -1.00. The van der Waals surface area contributed by atoms with Crippen LogP contribution in [0.1, 0.15) is 12.0 Å². The molecule has 0 fully saturated rings. The topological polar surface area (TPSA) is 32.3 Å². The lowest BCUT2D eigenvalue weighted by atomic mass is 9.88. The van der Waals surface area contributed by atoms with Crippen molar-refractivity contribution in [1.82, 2.24) is 5.32 Å². The number of benzene rings is 2. The van der Waals surface area contributed by atoms with Crippen molar-refractivity contribution in [2.24, 2.45) is 0 Å². The van der Waals surface area contributed by atoms with Gasteiger partial charge in [-0.2, -0.15) is 0 Å². The fourth-order valence-corrected chi connectivity index (χ4v) is 3.67. The third-order valence-corrected chi connectivity index (χ3v) is 5.21. The van der Waals surface area contributed by atoms with Crippen LogP contribution in [-0.4, -0.2) is 24.5 Å². The summed E-state index contributed by atoms with van der Waals surface area (Å²) < 4.78 is 0. The molecule has 0 heterocycles. The van der Waals surface area contributed by atoms with Crippen molar-refractivity contribution in [1.29, 1.82) is 0 Å². The number of thioether (sulfide) groups is 1. The first kappa shape index (κ1) is 16.4. The molecule has 2 N–H and O–H groups in total. The Bertz CT molecular complexity index is 558. The quantitative estimate of drug-likeness (QED) is 0.758. The normalized spacial score (nSPS) is 13.9. The largest absolute Gasteiger partial charge is 0.394 e. The van der Waals surface area contributed by atoms with Crippen LogP contribution >= 0.6 is 23.4 Å². The predicted octanol–water partition coefficient (Wildman–Crippen LogP) is 3.93. The van der Waals surface area contributed by atoms with Crippen molar-refractivity contribution < 1.29 is 5.11 Å². The maximum absolute atomic E-state index is 9.88. The first-order chi connectivity index (χ1) is 10.2. The van der Waals surface area contributed by atoms with E-state index in [1.807, 2.05) is 61.6 Å². The maximum atomic E-state index is 9.88. The third-order valence-electron chi connectivity index (χ3n) is 3.70. The Morgan fingerprint density at radius 1 is 1.10 bits per heavy atom. The summed E-state index contributed by atoms with van der Waals surface area (Å²) in [4.78, 5) is 1.08. The number of aliphatic hydroxyl groups excluding tert-OH is 1. The molecule has 0 aliphatic heterocycles. The highest BCUT2D eigenvalue weighted by Crippen LogP contribution is 2.31. The summed E-state index contributed by atoms with van der Waals surface area (Å²) in [5.41, 5.74) is 0.699. The van der Waals surface area contributed by atoms with Gasteiger partial charge in [-0.1, -0.05) is 54.1 Å². The second-order valence-electron chi connectivity index (χ2n) is 4.89. The van der Waals surface area contributed by atoms with Crippen molar-refractivity contribution in [2.75, 3.05) is 19.4 Å². The minimum absolute atomic E-state index is 0.0661. The monoisotopic (exact) mass is 321 g/mol. The number of rotatable bonds is 7. The average molecular weight is 322 g/mol. The number of hydrogen-bond donors (Lipinski definition) is 2. The lowest BCUT2D eigenvalue weighted by Crippen LogP contribution is -2.44. The van der Waals surface area contributed by atoms with E-state index in [9.17, 15) is 5.11 Å². The molecular formula is C17H20ClNOS. The summed E-state index contributed by atoms with van der Waals surface area (Å²) in [5, 5.41) is 13.9. The van der Waals surface area contributed by atoms with Gasteiger partial charge in [0, 0.05) is 10.6 Å². The SMILES string of the molecule is CNC(CO)(CCSc1ccccc1Cl)c1ccccc1. The molecule has 1 atom stereocenters. The molecule has 0 aromatic heterocycles. The molecular weight excluding hydrogens is 302 g/mol. The number of hydrogen-bond acceptors (Lipinski definition) is 3. The van der Waals surface area contributed by atoms with Crippen LogP contribution in [0.25, 0.3) is 0 Å². The van der Waals surface area contributed by atoms with Crippen molar-refractivity contribution in [2.45, 2.75) is 16.9 Å². The van der Waals surface area contributed by atoms with Crippen LogP contribution in [0.5, 0.6) is 0 Å². The van der Waals surface area contributed by atoms with Gasteiger partial charge < -0.3 is 10.4 Å². The van der Waals surface area contributed by atoms with Gasteiger partial charge in [-0.05, 0) is 31.2 Å². The molecule has 1 unspecified atom stereocenters. The van der Waals surface area contributed by atoms with E-state index in [0.29, 0.717) is 0 Å². The first-order valence-electron chi connectivity index (χ1n) is 6.94. The maximum Gasteiger partial charge on any atom is 0.0674 e. The molecule has 21 heavy (non-hydrogen) atoms. The first-order valence-corrected chi connectivity index (χ1v) is 8.31. The van der Waals surface area contributed by atoms with Crippen LogP contribution in [0.3, 0.4) is 0 Å². The second-order valence-corrected chi connectivity index (χ2v) is 6.43. The van der Waals surface area contributed by atoms with Gasteiger partial charge in [-0.15, -0.1) is 11.8 Å². The smallest absolute Gasteiger partial charge is 0.0674 e. The van der Waals surface area contributed by atoms with Crippen molar-refractivity contribution in [3.63, 3.8) is 0 Å². The molecule has 2 aromatic rings. The highest BCUT2D eigenvalue weighted by atomic mass is 35.5. The second kappa shape index (κ2) is 7.85. The molecule has 2 aromatic carbocycles. The molecule has 0 saturated carbocycles. The Labute approximate surface area is 135 Å². The van der Waals surface area contributed by atoms with Gasteiger partial charge in [0.15, 0.2) is 0 Å². The minimum atomic E-state index is -0.407. The highest BCUT2D eigenvalue weighted by Gasteiger charge is 2.29. The summed E-state index contributed by atoms with van der Waals surface area (Å²) >= 11 is 7.89. The van der Waals surface area contributed by atoms with Crippen LogP contribution in [0.15, 0.2) is 59.5 Å². The van der Waals surface area contributed by atoms with Gasteiger partial charge >= 0.3 is 0 Å². The molecule has 0 aliphatic carbocycles. The number of likely N-dealkylation sites (N-methyl/N-ethyl adjacent to an activating group) is 1. The van der Waals surface area contributed by atoms with Gasteiger partial charge in [0.1, 0.15) is 0 Å². The van der Waals surface area contributed by atoms with Gasteiger partial charge in [-0.3, -0.25) is 0 Å². The predicted molar refractivity (Wildman–Crippen MR) is 91.1 cm³/mol. The molecule has 112 valence electrons. The minimum Gasteiger partial charge on any atom is -0.394 e. The molecule has 2 rings (SSSR count). The Balaban J connectivity index is 2.06. The molecule has 0 aliphatic rings. The van der Waals surface area contributed by atoms with Gasteiger partial charge in [-0.25, -0.2) is 0 Å². The van der Waals surface area contributed by atoms with Crippen molar-refractivity contribution in [3.8, 4) is 0 Å². The van der Waals surface area contributed by atoms with E-state index < -0.39 is 5.54 Å². The summed E-state index contributed by atoms with van der Waals surface area (Å²) in [6.45, 7) is 0.0661. The lowest BCUT2D eigenvalue weighted by molar-refractivity contribution is 0.165. The molecule has 2 nitrogen and oxygen atoms in total. The Kier molecular flexibility index (Phi) is 6.12. The third kappa shape index (κ3) is 4.01. The Morgan fingerprint density at radius 2 is 1.76 bits per heavy atom. The molecule has 0 spiro atoms. The standard InChI is InChI=1S/C17H20ClNOS/c1-19-17(13-20,14-7-3-2-4-8-14)11-12-21-16-10-6-5-9-15(16)18/h2-10,19-20H,11-13H2,1H3. The summed E-state index contributed by atoms with van der Waals surface area (Å²) in [6.07, 6.45) is 0.819. The summed E-state index contributed by atoms with van der Waals surface area (Å²) in [5.74, 6) is 0.875. The summed E-state index contributed by atoms with van der Waals surface area (Å²) in [7, 11) is 1.89. The van der Waals surface area contributed by atoms with Crippen molar-refractivity contribution >= 4 is 23.4 Å². The van der Waals surface area contributed by atoms with Gasteiger partial charge in [0.2, 0.25) is 0 Å². The van der Waals surface area contributed by atoms with Crippen LogP contribution in [0.2, 0.25) is 5.02 Å². The fourth-order valence-electron chi connectivity index (χ4n) is 2.32. The fraction of sp³-hybridized carbons (Fsp3) is 0.294.